The number of hydrogen-bond acceptors (Lipinski definition) is 2. The van der Waals surface area contributed by atoms with Gasteiger partial charge in [-0.1, -0.05) is 25.5 Å². The molecule has 1 unspecified atom stereocenters. The van der Waals surface area contributed by atoms with Crippen molar-refractivity contribution in [2.45, 2.75) is 52.9 Å². The molecule has 1 aliphatic carbocycles. The Morgan fingerprint density at radius 3 is 2.56 bits per heavy atom. The molecule has 0 heterocycles. The lowest BCUT2D eigenvalue weighted by Crippen LogP contribution is -1.98. The van der Waals surface area contributed by atoms with Crippen molar-refractivity contribution >= 4 is 5.97 Å². The molecule has 1 atom stereocenters. The summed E-state index contributed by atoms with van der Waals surface area (Å²) in [7, 11) is 1.44. The molecular formula is C14H24O2. The number of methoxy groups -OCH3 is 1. The maximum atomic E-state index is 10.9. The van der Waals surface area contributed by atoms with E-state index in [4.69, 9.17) is 0 Å². The second-order valence-electron chi connectivity index (χ2n) is 5.59. The maximum absolute atomic E-state index is 10.9. The predicted molar refractivity (Wildman–Crippen MR) is 66.1 cm³/mol. The zero-order chi connectivity index (χ0) is 12.2. The van der Waals surface area contributed by atoms with Crippen molar-refractivity contribution in [1.82, 2.24) is 0 Å². The highest BCUT2D eigenvalue weighted by atomic mass is 16.5. The van der Waals surface area contributed by atoms with Crippen LogP contribution in [0.5, 0.6) is 0 Å². The quantitative estimate of drug-likeness (QED) is 0.508. The smallest absolute Gasteiger partial charge is 0.305 e. The average molecular weight is 224 g/mol. The van der Waals surface area contributed by atoms with Crippen LogP contribution < -0.4 is 0 Å². The number of hydrogen-bond donors (Lipinski definition) is 0. The van der Waals surface area contributed by atoms with Gasteiger partial charge in [0.25, 0.3) is 0 Å². The summed E-state index contributed by atoms with van der Waals surface area (Å²) in [6.45, 7) is 6.84. The number of carbonyl (C=O) groups is 1. The van der Waals surface area contributed by atoms with Gasteiger partial charge in [-0.3, -0.25) is 4.79 Å². The summed E-state index contributed by atoms with van der Waals surface area (Å²) in [6.07, 6.45) is 7.34. The highest BCUT2D eigenvalue weighted by molar-refractivity contribution is 5.69. The first-order valence-electron chi connectivity index (χ1n) is 6.18. The van der Waals surface area contributed by atoms with E-state index in [-0.39, 0.29) is 5.97 Å². The van der Waals surface area contributed by atoms with Crippen LogP contribution in [0.3, 0.4) is 0 Å². The topological polar surface area (TPSA) is 26.3 Å². The molecule has 1 rings (SSSR count). The van der Waals surface area contributed by atoms with E-state index in [1.165, 1.54) is 31.9 Å². The van der Waals surface area contributed by atoms with Crippen molar-refractivity contribution in [2.24, 2.45) is 11.3 Å². The molecule has 0 bridgehead atoms. The van der Waals surface area contributed by atoms with Crippen LogP contribution in [0.2, 0.25) is 0 Å². The maximum Gasteiger partial charge on any atom is 0.305 e. The van der Waals surface area contributed by atoms with E-state index in [1.54, 1.807) is 0 Å². The molecule has 2 nitrogen and oxygen atoms in total. The molecule has 1 fully saturated rings. The molecule has 0 aromatic rings. The first kappa shape index (κ1) is 13.3. The van der Waals surface area contributed by atoms with Gasteiger partial charge >= 0.3 is 5.97 Å². The molecule has 1 aliphatic rings. The van der Waals surface area contributed by atoms with E-state index in [0.29, 0.717) is 11.8 Å². The largest absolute Gasteiger partial charge is 0.469 e. The summed E-state index contributed by atoms with van der Waals surface area (Å²) < 4.78 is 4.60. The molecule has 0 saturated heterocycles. The van der Waals surface area contributed by atoms with Gasteiger partial charge in [0.15, 0.2) is 0 Å². The molecule has 92 valence electrons. The Bertz CT molecular complexity index is 276. The van der Waals surface area contributed by atoms with E-state index < -0.39 is 0 Å². The number of allylic oxidation sites excluding steroid dienone is 2. The van der Waals surface area contributed by atoms with Crippen LogP contribution in [0, 0.1) is 11.3 Å². The standard InChI is InChI=1S/C14H24O2/c1-11(6-5-7-13(15)16-4)8-9-12-10-14(12,2)3/h6,12H,5,7-10H2,1-4H3. The van der Waals surface area contributed by atoms with Crippen LogP contribution in [0.15, 0.2) is 11.6 Å². The van der Waals surface area contributed by atoms with Crippen molar-refractivity contribution in [3.05, 3.63) is 11.6 Å². The van der Waals surface area contributed by atoms with Gasteiger partial charge in [0.1, 0.15) is 0 Å². The highest BCUT2D eigenvalue weighted by Gasteiger charge is 2.44. The summed E-state index contributed by atoms with van der Waals surface area (Å²) in [5, 5.41) is 0. The Morgan fingerprint density at radius 2 is 2.06 bits per heavy atom. The second kappa shape index (κ2) is 5.51. The molecule has 0 aromatic heterocycles. The molecule has 0 amide bonds. The fourth-order valence-corrected chi connectivity index (χ4v) is 2.11. The third kappa shape index (κ3) is 4.38. The van der Waals surface area contributed by atoms with E-state index in [1.807, 2.05) is 0 Å². The van der Waals surface area contributed by atoms with Gasteiger partial charge in [0, 0.05) is 6.42 Å². The van der Waals surface area contributed by atoms with E-state index in [2.05, 4.69) is 31.6 Å². The third-order valence-electron chi connectivity index (χ3n) is 3.67. The minimum atomic E-state index is -0.118. The summed E-state index contributed by atoms with van der Waals surface area (Å²) >= 11 is 0. The van der Waals surface area contributed by atoms with Crippen molar-refractivity contribution in [1.29, 1.82) is 0 Å². The van der Waals surface area contributed by atoms with Crippen molar-refractivity contribution in [2.75, 3.05) is 7.11 Å². The second-order valence-corrected chi connectivity index (χ2v) is 5.59. The molecule has 0 spiro atoms. The Hall–Kier alpha value is -0.790. The first-order valence-corrected chi connectivity index (χ1v) is 6.18. The zero-order valence-electron chi connectivity index (χ0n) is 11.0. The van der Waals surface area contributed by atoms with Crippen LogP contribution in [-0.2, 0) is 9.53 Å². The first-order chi connectivity index (χ1) is 7.45. The third-order valence-corrected chi connectivity index (χ3v) is 3.67. The Kier molecular flexibility index (Phi) is 4.57. The Balaban J connectivity index is 2.12. The molecule has 0 aromatic carbocycles. The highest BCUT2D eigenvalue weighted by Crippen LogP contribution is 2.54. The lowest BCUT2D eigenvalue weighted by atomic mass is 10.0. The number of carbonyl (C=O) groups excluding carboxylic acids is 1. The minimum absolute atomic E-state index is 0.118. The van der Waals surface area contributed by atoms with Crippen molar-refractivity contribution in [3.8, 4) is 0 Å². The minimum Gasteiger partial charge on any atom is -0.469 e. The molecule has 1 saturated carbocycles. The van der Waals surface area contributed by atoms with Gasteiger partial charge < -0.3 is 4.74 Å². The lowest BCUT2D eigenvalue weighted by molar-refractivity contribution is -0.140. The van der Waals surface area contributed by atoms with Gasteiger partial charge in [-0.05, 0) is 43.9 Å². The van der Waals surface area contributed by atoms with Crippen molar-refractivity contribution in [3.63, 3.8) is 0 Å². The summed E-state index contributed by atoms with van der Waals surface area (Å²) in [5.74, 6) is 0.795. The van der Waals surface area contributed by atoms with Gasteiger partial charge in [0.05, 0.1) is 7.11 Å². The molecule has 2 heteroatoms. The molecule has 0 aliphatic heterocycles. The summed E-state index contributed by atoms with van der Waals surface area (Å²) in [6, 6.07) is 0. The molecular weight excluding hydrogens is 200 g/mol. The number of rotatable bonds is 6. The molecule has 0 N–H and O–H groups in total. The Labute approximate surface area is 99.1 Å². The number of ether oxygens (including phenoxy) is 1. The predicted octanol–water partition coefficient (Wildman–Crippen LogP) is 3.71. The Morgan fingerprint density at radius 1 is 1.44 bits per heavy atom. The fraction of sp³-hybridized carbons (Fsp3) is 0.786. The summed E-state index contributed by atoms with van der Waals surface area (Å²) in [5.41, 5.74) is 2.00. The molecule has 0 radical (unpaired) electrons. The van der Waals surface area contributed by atoms with Gasteiger partial charge in [-0.2, -0.15) is 0 Å². The van der Waals surface area contributed by atoms with Gasteiger partial charge in [-0.25, -0.2) is 0 Å². The van der Waals surface area contributed by atoms with E-state index in [0.717, 1.165) is 12.3 Å². The monoisotopic (exact) mass is 224 g/mol. The van der Waals surface area contributed by atoms with Crippen LogP contribution in [0.4, 0.5) is 0 Å². The van der Waals surface area contributed by atoms with Gasteiger partial charge in [0.2, 0.25) is 0 Å². The van der Waals surface area contributed by atoms with E-state index in [9.17, 15) is 4.79 Å². The normalized spacial score (nSPS) is 23.0. The SMILES string of the molecule is COC(=O)CCC=C(C)CCC1CC1(C)C. The van der Waals surface area contributed by atoms with E-state index >= 15 is 0 Å². The van der Waals surface area contributed by atoms with Crippen molar-refractivity contribution < 1.29 is 9.53 Å². The summed E-state index contributed by atoms with van der Waals surface area (Å²) in [4.78, 5) is 10.9. The van der Waals surface area contributed by atoms with Gasteiger partial charge in [-0.15, -0.1) is 0 Å². The zero-order valence-corrected chi connectivity index (χ0v) is 11.0. The van der Waals surface area contributed by atoms with Crippen LogP contribution in [0.1, 0.15) is 52.9 Å². The number of esters is 1. The van der Waals surface area contributed by atoms with Crippen LogP contribution in [-0.4, -0.2) is 13.1 Å². The average Bonchev–Trinajstić information content (AvgIpc) is 2.83. The lowest BCUT2D eigenvalue weighted by Gasteiger charge is -2.04. The van der Waals surface area contributed by atoms with Crippen LogP contribution >= 0.6 is 0 Å². The fourth-order valence-electron chi connectivity index (χ4n) is 2.11. The van der Waals surface area contributed by atoms with Crippen LogP contribution in [0.25, 0.3) is 0 Å². The molecule has 16 heavy (non-hydrogen) atoms.